The normalized spacial score (nSPS) is 16.6. The molecule has 4 rings (SSSR count). The van der Waals surface area contributed by atoms with Gasteiger partial charge in [0.2, 0.25) is 15.9 Å². The monoisotopic (exact) mass is 732 g/mol. The third-order valence-electron chi connectivity index (χ3n) is 8.22. The lowest BCUT2D eigenvalue weighted by Crippen LogP contribution is -2.51. The molecule has 0 aromatic heterocycles. The maximum Gasteiger partial charge on any atom is 0.415 e. The minimum Gasteiger partial charge on any atom is -0.494 e. The molecule has 2 aliphatic heterocycles. The number of nitrogens with zero attached hydrogens (tertiary/aromatic N) is 5. The number of unbranched alkanes of at least 4 members (excludes halogenated alkanes) is 1. The Morgan fingerprint density at radius 1 is 0.882 bits per heavy atom. The summed E-state index contributed by atoms with van der Waals surface area (Å²) in [4.78, 5) is 46.3. The summed E-state index contributed by atoms with van der Waals surface area (Å²) in [6, 6.07) is 9.96. The lowest BCUT2D eigenvalue weighted by atomic mass is 10.1. The standard InChI is InChI=1S/C33H44N6O11S/c34-36-37-49-23-22-47-21-20-46-18-3-4-19-48-26-11-13-28(14-12-26)51(44,45)39-17-5-6-30(39)31(40)35-29(32(41)42)24-25-7-9-27(10-8-25)50-33(43)38-15-1-2-16-38/h7-14,29-30H,1-6,15-24H2,(H,35,40)(H,41,42). The number of likely N-dealkylation sites (tertiary alicyclic amines) is 1. The van der Waals surface area contributed by atoms with Gasteiger partial charge in [0.1, 0.15) is 35.5 Å². The molecule has 2 aromatic rings. The first kappa shape index (κ1) is 39.2. The smallest absolute Gasteiger partial charge is 0.415 e. The number of carbonyl (C=O) groups excluding carboxylic acids is 2. The number of carbonyl (C=O) groups is 3. The van der Waals surface area contributed by atoms with Gasteiger partial charge < -0.3 is 39.1 Å². The van der Waals surface area contributed by atoms with Gasteiger partial charge in [-0.1, -0.05) is 12.1 Å². The molecule has 17 nitrogen and oxygen atoms in total. The van der Waals surface area contributed by atoms with Crippen LogP contribution in [0.15, 0.2) is 58.7 Å². The Balaban J connectivity index is 1.20. The second kappa shape index (κ2) is 20.3. The lowest BCUT2D eigenvalue weighted by molar-refractivity contribution is -0.142. The van der Waals surface area contributed by atoms with Crippen LogP contribution in [0.1, 0.15) is 44.1 Å². The molecule has 2 unspecified atom stereocenters. The van der Waals surface area contributed by atoms with Crippen LogP contribution in [0.2, 0.25) is 0 Å². The Kier molecular flexibility index (Phi) is 15.6. The minimum atomic E-state index is -4.06. The van der Waals surface area contributed by atoms with Crippen LogP contribution in [-0.4, -0.2) is 112 Å². The molecular formula is C33H44N6O11S. The van der Waals surface area contributed by atoms with Gasteiger partial charge >= 0.3 is 12.1 Å². The van der Waals surface area contributed by atoms with Crippen molar-refractivity contribution >= 4 is 28.0 Å². The number of benzene rings is 2. The quantitative estimate of drug-likeness (QED) is 0.0620. The maximum atomic E-state index is 13.6. The van der Waals surface area contributed by atoms with Gasteiger partial charge in [-0.05, 0) is 86.0 Å². The highest BCUT2D eigenvalue weighted by molar-refractivity contribution is 7.89. The van der Waals surface area contributed by atoms with Crippen molar-refractivity contribution in [3.05, 3.63) is 64.5 Å². The van der Waals surface area contributed by atoms with Crippen molar-refractivity contribution in [2.45, 2.75) is 61.9 Å². The van der Waals surface area contributed by atoms with E-state index in [4.69, 9.17) is 24.5 Å². The fourth-order valence-electron chi connectivity index (χ4n) is 5.58. The van der Waals surface area contributed by atoms with E-state index in [0.29, 0.717) is 69.4 Å². The third-order valence-corrected chi connectivity index (χ3v) is 10.1. The van der Waals surface area contributed by atoms with Gasteiger partial charge in [0, 0.05) is 37.6 Å². The highest BCUT2D eigenvalue weighted by Crippen LogP contribution is 2.28. The predicted molar refractivity (Wildman–Crippen MR) is 181 cm³/mol. The Hall–Kier alpha value is -4.61. The Bertz CT molecular complexity index is 1580. The van der Waals surface area contributed by atoms with Crippen molar-refractivity contribution < 1.29 is 51.7 Å². The van der Waals surface area contributed by atoms with Crippen LogP contribution in [0.5, 0.6) is 11.5 Å². The number of nitrogens with one attached hydrogen (secondary N) is 1. The molecule has 0 radical (unpaired) electrons. The van der Waals surface area contributed by atoms with E-state index in [1.165, 1.54) is 12.1 Å². The second-order valence-electron chi connectivity index (χ2n) is 11.8. The molecule has 2 atom stereocenters. The topological polar surface area (TPSA) is 219 Å². The number of ether oxygens (including phenoxy) is 4. The van der Waals surface area contributed by atoms with Gasteiger partial charge in [-0.15, -0.1) is 0 Å². The molecule has 18 heteroatoms. The summed E-state index contributed by atoms with van der Waals surface area (Å²) < 4.78 is 50.1. The molecule has 2 saturated heterocycles. The Labute approximate surface area is 296 Å². The molecular weight excluding hydrogens is 688 g/mol. The van der Waals surface area contributed by atoms with E-state index >= 15 is 0 Å². The van der Waals surface area contributed by atoms with Crippen molar-refractivity contribution in [2.75, 3.05) is 59.3 Å². The van der Waals surface area contributed by atoms with Crippen LogP contribution >= 0.6 is 0 Å². The van der Waals surface area contributed by atoms with E-state index in [1.54, 1.807) is 41.3 Å². The molecule has 2 fully saturated rings. The van der Waals surface area contributed by atoms with Crippen LogP contribution in [0.3, 0.4) is 0 Å². The molecule has 2 N–H and O–H groups in total. The largest absolute Gasteiger partial charge is 0.494 e. The summed E-state index contributed by atoms with van der Waals surface area (Å²) >= 11 is 0. The van der Waals surface area contributed by atoms with Crippen molar-refractivity contribution in [3.63, 3.8) is 0 Å². The van der Waals surface area contributed by atoms with E-state index in [1.807, 2.05) is 0 Å². The maximum absolute atomic E-state index is 13.6. The van der Waals surface area contributed by atoms with Crippen molar-refractivity contribution in [1.29, 1.82) is 0 Å². The zero-order valence-electron chi connectivity index (χ0n) is 28.3. The first-order chi connectivity index (χ1) is 24.7. The summed E-state index contributed by atoms with van der Waals surface area (Å²) in [5, 5.41) is 15.3. The molecule has 51 heavy (non-hydrogen) atoms. The molecule has 2 amide bonds. The lowest BCUT2D eigenvalue weighted by Gasteiger charge is -2.25. The van der Waals surface area contributed by atoms with Gasteiger partial charge in [0.15, 0.2) is 0 Å². The Morgan fingerprint density at radius 3 is 2.22 bits per heavy atom. The molecule has 2 aliphatic rings. The number of hydrogen-bond acceptors (Lipinski definition) is 11. The zero-order valence-corrected chi connectivity index (χ0v) is 29.1. The fraction of sp³-hybridized carbons (Fsp3) is 0.545. The molecule has 0 aliphatic carbocycles. The number of aliphatic carboxylic acids is 1. The summed E-state index contributed by atoms with van der Waals surface area (Å²) in [6.07, 6.45) is 3.53. The zero-order chi connectivity index (χ0) is 36.5. The third kappa shape index (κ3) is 12.3. The second-order valence-corrected chi connectivity index (χ2v) is 13.7. The molecule has 2 heterocycles. The van der Waals surface area contributed by atoms with Crippen molar-refractivity contribution in [2.24, 2.45) is 5.28 Å². The molecule has 2 aromatic carbocycles. The van der Waals surface area contributed by atoms with E-state index in [-0.39, 0.29) is 37.5 Å². The summed E-state index contributed by atoms with van der Waals surface area (Å²) in [6.45, 7) is 3.58. The van der Waals surface area contributed by atoms with Gasteiger partial charge in [-0.25, -0.2) is 18.0 Å². The van der Waals surface area contributed by atoms with Crippen LogP contribution < -0.4 is 14.8 Å². The highest BCUT2D eigenvalue weighted by atomic mass is 32.2. The number of hydrogen-bond donors (Lipinski definition) is 2. The number of rotatable bonds is 21. The first-order valence-corrected chi connectivity index (χ1v) is 18.3. The van der Waals surface area contributed by atoms with Crippen LogP contribution in [0.25, 0.3) is 10.4 Å². The van der Waals surface area contributed by atoms with Crippen LogP contribution in [0.4, 0.5) is 4.79 Å². The average Bonchev–Trinajstić information content (AvgIpc) is 3.85. The molecule has 278 valence electrons. The number of carboxylic acid groups (broad SMARTS) is 1. The van der Waals surface area contributed by atoms with E-state index in [2.05, 4.69) is 20.3 Å². The summed E-state index contributed by atoms with van der Waals surface area (Å²) in [5.74, 6) is -1.13. The van der Waals surface area contributed by atoms with Crippen LogP contribution in [0, 0.1) is 0 Å². The number of sulfonamides is 1. The number of azide groups is 1. The summed E-state index contributed by atoms with van der Waals surface area (Å²) in [7, 11) is -4.06. The van der Waals surface area contributed by atoms with E-state index in [9.17, 15) is 27.9 Å². The van der Waals surface area contributed by atoms with Gasteiger partial charge in [-0.2, -0.15) is 4.31 Å². The minimum absolute atomic E-state index is 0.00479. The average molecular weight is 733 g/mol. The van der Waals surface area contributed by atoms with Crippen molar-refractivity contribution in [1.82, 2.24) is 14.5 Å². The van der Waals surface area contributed by atoms with Gasteiger partial charge in [0.25, 0.3) is 0 Å². The first-order valence-electron chi connectivity index (χ1n) is 16.8. The summed E-state index contributed by atoms with van der Waals surface area (Å²) in [5.41, 5.74) is 8.68. The SMILES string of the molecule is [N-]=[N+]=NOCCOCCOCCCCOc1ccc(S(=O)(=O)N2CCCC2C(=O)NC(Cc2ccc(OC(=O)N3CCCC3)cc2)C(=O)O)cc1. The van der Waals surface area contributed by atoms with Crippen LogP contribution in [-0.2, 0) is 40.3 Å². The Morgan fingerprint density at radius 2 is 1.53 bits per heavy atom. The van der Waals surface area contributed by atoms with Gasteiger partial charge in [-0.3, -0.25) is 4.79 Å². The predicted octanol–water partition coefficient (Wildman–Crippen LogP) is 3.68. The molecule has 0 spiro atoms. The van der Waals surface area contributed by atoms with Gasteiger partial charge in [0.05, 0.1) is 31.3 Å². The van der Waals surface area contributed by atoms with Crippen molar-refractivity contribution in [3.8, 4) is 11.5 Å². The van der Waals surface area contributed by atoms with E-state index in [0.717, 1.165) is 23.6 Å². The fourth-order valence-corrected chi connectivity index (χ4v) is 7.23. The number of amides is 2. The molecule has 0 bridgehead atoms. The highest BCUT2D eigenvalue weighted by Gasteiger charge is 2.40. The van der Waals surface area contributed by atoms with E-state index < -0.39 is 40.1 Å². The molecule has 0 saturated carbocycles. The number of carboxylic acids is 1.